The Balaban J connectivity index is 1.77. The molecule has 4 fully saturated rings. The molecule has 5 rings (SSSR count). The molecule has 0 spiro atoms. The van der Waals surface area contributed by atoms with Gasteiger partial charge in [0.2, 0.25) is 0 Å². The number of rotatable bonds is 1. The summed E-state index contributed by atoms with van der Waals surface area (Å²) >= 11 is 0. The van der Waals surface area contributed by atoms with E-state index in [9.17, 15) is 5.11 Å². The van der Waals surface area contributed by atoms with E-state index < -0.39 is 0 Å². The summed E-state index contributed by atoms with van der Waals surface area (Å²) in [6.07, 6.45) is 8.66. The molecule has 0 saturated heterocycles. The molecule has 0 aliphatic heterocycles. The van der Waals surface area contributed by atoms with E-state index in [0.29, 0.717) is 11.2 Å². The minimum Gasteiger partial charge on any atom is -0.508 e. The largest absolute Gasteiger partial charge is 0.508 e. The molecular weight excluding hydrogens is 256 g/mol. The van der Waals surface area contributed by atoms with E-state index in [1.165, 1.54) is 44.1 Å². The van der Waals surface area contributed by atoms with Gasteiger partial charge in [-0.15, -0.1) is 0 Å². The van der Waals surface area contributed by atoms with Crippen molar-refractivity contribution in [2.75, 3.05) is 0 Å². The molecule has 0 amide bonds. The summed E-state index contributed by atoms with van der Waals surface area (Å²) in [4.78, 5) is 0. The molecule has 0 atom stereocenters. The third-order valence-electron chi connectivity index (χ3n) is 6.46. The van der Waals surface area contributed by atoms with Gasteiger partial charge in [0.05, 0.1) is 0 Å². The molecule has 1 aromatic carbocycles. The Hall–Kier alpha value is -0.980. The van der Waals surface area contributed by atoms with Gasteiger partial charge in [0.1, 0.15) is 5.75 Å². The van der Waals surface area contributed by atoms with Gasteiger partial charge in [-0.25, -0.2) is 0 Å². The van der Waals surface area contributed by atoms with Gasteiger partial charge in [-0.1, -0.05) is 32.9 Å². The number of phenolic OH excluding ortho intramolecular Hbond substituents is 1. The van der Waals surface area contributed by atoms with Crippen molar-refractivity contribution < 1.29 is 5.11 Å². The predicted octanol–water partition coefficient (Wildman–Crippen LogP) is 5.16. The lowest BCUT2D eigenvalue weighted by Gasteiger charge is -2.57. The highest BCUT2D eigenvalue weighted by Crippen LogP contribution is 2.61. The maximum absolute atomic E-state index is 10.3. The summed E-state index contributed by atoms with van der Waals surface area (Å²) in [5, 5.41) is 10.3. The molecule has 114 valence electrons. The molecule has 1 aromatic rings. The summed E-state index contributed by atoms with van der Waals surface area (Å²) in [6, 6.07) is 6.51. The Morgan fingerprint density at radius 3 is 1.95 bits per heavy atom. The molecule has 0 heterocycles. The second kappa shape index (κ2) is 4.27. The Labute approximate surface area is 128 Å². The normalized spacial score (nSPS) is 38.0. The van der Waals surface area contributed by atoms with E-state index in [0.717, 1.165) is 23.3 Å². The molecule has 1 nitrogen and oxygen atoms in total. The molecule has 21 heavy (non-hydrogen) atoms. The Kier molecular flexibility index (Phi) is 2.78. The van der Waals surface area contributed by atoms with Crippen LogP contribution >= 0.6 is 0 Å². The Morgan fingerprint density at radius 1 is 0.952 bits per heavy atom. The molecule has 1 N–H and O–H groups in total. The number of aromatic hydroxyl groups is 1. The van der Waals surface area contributed by atoms with Crippen LogP contribution in [0.2, 0.25) is 0 Å². The van der Waals surface area contributed by atoms with E-state index in [-0.39, 0.29) is 5.41 Å². The molecule has 0 radical (unpaired) electrons. The molecule has 4 saturated carbocycles. The fourth-order valence-electron chi connectivity index (χ4n) is 5.93. The monoisotopic (exact) mass is 284 g/mol. The fraction of sp³-hybridized carbons (Fsp3) is 0.700. The molecule has 4 aliphatic carbocycles. The summed E-state index contributed by atoms with van der Waals surface area (Å²) in [5.74, 6) is 3.39. The highest BCUT2D eigenvalue weighted by Gasteiger charge is 2.51. The van der Waals surface area contributed by atoms with Crippen LogP contribution in [-0.2, 0) is 10.8 Å². The van der Waals surface area contributed by atoms with Crippen LogP contribution in [0.1, 0.15) is 70.4 Å². The predicted molar refractivity (Wildman–Crippen MR) is 86.7 cm³/mol. The second-order valence-corrected chi connectivity index (χ2v) is 9.18. The molecule has 0 unspecified atom stereocenters. The maximum Gasteiger partial charge on any atom is 0.119 e. The van der Waals surface area contributed by atoms with Crippen LogP contribution in [0.5, 0.6) is 5.75 Å². The van der Waals surface area contributed by atoms with Crippen molar-refractivity contribution in [1.82, 2.24) is 0 Å². The lowest BCUT2D eigenvalue weighted by molar-refractivity contribution is -0.00525. The average molecular weight is 284 g/mol. The Morgan fingerprint density at radius 2 is 1.48 bits per heavy atom. The standard InChI is InChI=1S/C20H28O/c1-19(2,3)17-9-16(4-5-18(17)21)20-10-13-6-14(11-20)8-15(7-13)12-20/h4-5,9,13-15,21H,6-8,10-12H2,1-3H3. The van der Waals surface area contributed by atoms with Crippen molar-refractivity contribution in [2.45, 2.75) is 70.1 Å². The zero-order chi connectivity index (χ0) is 14.8. The average Bonchev–Trinajstić information content (AvgIpc) is 2.35. The van der Waals surface area contributed by atoms with E-state index in [1.54, 1.807) is 0 Å². The molecule has 4 bridgehead atoms. The summed E-state index contributed by atoms with van der Waals surface area (Å²) in [6.45, 7) is 6.60. The zero-order valence-electron chi connectivity index (χ0n) is 13.7. The number of hydrogen-bond acceptors (Lipinski definition) is 1. The van der Waals surface area contributed by atoms with Gasteiger partial charge in [0.15, 0.2) is 0 Å². The van der Waals surface area contributed by atoms with Crippen LogP contribution in [-0.4, -0.2) is 5.11 Å². The van der Waals surface area contributed by atoms with Gasteiger partial charge >= 0.3 is 0 Å². The molecule has 4 aliphatic rings. The van der Waals surface area contributed by atoms with Gasteiger partial charge in [-0.2, -0.15) is 0 Å². The first-order valence-corrected chi connectivity index (χ1v) is 8.70. The second-order valence-electron chi connectivity index (χ2n) is 9.18. The first-order valence-electron chi connectivity index (χ1n) is 8.70. The topological polar surface area (TPSA) is 20.2 Å². The third kappa shape index (κ3) is 2.12. The fourth-order valence-corrected chi connectivity index (χ4v) is 5.93. The van der Waals surface area contributed by atoms with Crippen LogP contribution < -0.4 is 0 Å². The van der Waals surface area contributed by atoms with Crippen LogP contribution in [0, 0.1) is 17.8 Å². The number of phenols is 1. The smallest absolute Gasteiger partial charge is 0.119 e. The summed E-state index contributed by atoms with van der Waals surface area (Å²) in [7, 11) is 0. The van der Waals surface area contributed by atoms with Crippen molar-refractivity contribution in [3.05, 3.63) is 29.3 Å². The van der Waals surface area contributed by atoms with E-state index in [4.69, 9.17) is 0 Å². The van der Waals surface area contributed by atoms with Gasteiger partial charge in [-0.3, -0.25) is 0 Å². The van der Waals surface area contributed by atoms with Crippen molar-refractivity contribution in [3.8, 4) is 5.75 Å². The van der Waals surface area contributed by atoms with Crippen molar-refractivity contribution >= 4 is 0 Å². The van der Waals surface area contributed by atoms with Crippen LogP contribution in [0.15, 0.2) is 18.2 Å². The van der Waals surface area contributed by atoms with Crippen LogP contribution in [0.25, 0.3) is 0 Å². The first-order chi connectivity index (χ1) is 9.86. The van der Waals surface area contributed by atoms with Crippen molar-refractivity contribution in [3.63, 3.8) is 0 Å². The maximum atomic E-state index is 10.3. The van der Waals surface area contributed by atoms with Gasteiger partial charge < -0.3 is 5.11 Å². The number of benzene rings is 1. The zero-order valence-corrected chi connectivity index (χ0v) is 13.7. The lowest BCUT2D eigenvalue weighted by Crippen LogP contribution is -2.48. The molecule has 0 aromatic heterocycles. The highest BCUT2D eigenvalue weighted by atomic mass is 16.3. The van der Waals surface area contributed by atoms with Gasteiger partial charge in [0, 0.05) is 0 Å². The third-order valence-corrected chi connectivity index (χ3v) is 6.46. The SMILES string of the molecule is CC(C)(C)c1cc(C23CC4CC(CC(C4)C2)C3)ccc1O. The Bertz CT molecular complexity index is 528. The summed E-state index contributed by atoms with van der Waals surface area (Å²) < 4.78 is 0. The van der Waals surface area contributed by atoms with Crippen molar-refractivity contribution in [2.24, 2.45) is 17.8 Å². The van der Waals surface area contributed by atoms with E-state index >= 15 is 0 Å². The molecule has 1 heteroatoms. The van der Waals surface area contributed by atoms with Crippen molar-refractivity contribution in [1.29, 1.82) is 0 Å². The minimum absolute atomic E-state index is 0.0163. The van der Waals surface area contributed by atoms with E-state index in [1.807, 2.05) is 6.07 Å². The van der Waals surface area contributed by atoms with Gasteiger partial charge in [-0.05, 0) is 84.3 Å². The quantitative estimate of drug-likeness (QED) is 0.755. The first kappa shape index (κ1) is 13.7. The van der Waals surface area contributed by atoms with Crippen LogP contribution in [0.4, 0.5) is 0 Å². The van der Waals surface area contributed by atoms with Crippen LogP contribution in [0.3, 0.4) is 0 Å². The minimum atomic E-state index is 0.0163. The van der Waals surface area contributed by atoms with E-state index in [2.05, 4.69) is 32.9 Å². The highest BCUT2D eigenvalue weighted by molar-refractivity contribution is 5.44. The summed E-state index contributed by atoms with van der Waals surface area (Å²) in [5.41, 5.74) is 3.09. The lowest BCUT2D eigenvalue weighted by atomic mass is 9.48. The number of hydrogen-bond donors (Lipinski definition) is 1. The molecular formula is C20H28O. The van der Waals surface area contributed by atoms with Gasteiger partial charge in [0.25, 0.3) is 0 Å².